The smallest absolute Gasteiger partial charge is 0.468 e. The molecule has 0 unspecified atom stereocenters. The SMILES string of the molecule is COc1nc2c(C(N)=O)cccc2n1-c1nc2c(c(NCc3cccc(B(O)O)c3)n1)CCNC2. The largest absolute Gasteiger partial charge is 0.488 e. The van der Waals surface area contributed by atoms with Crippen LogP contribution >= 0.6 is 0 Å². The number of nitrogens with zero attached hydrogens (tertiary/aromatic N) is 4. The molecule has 2 aromatic carbocycles. The molecule has 12 heteroatoms. The molecule has 1 aliphatic rings. The lowest BCUT2D eigenvalue weighted by atomic mass is 9.79. The number of nitrogens with one attached hydrogen (secondary N) is 2. The molecule has 0 saturated carbocycles. The van der Waals surface area contributed by atoms with Crippen LogP contribution in [0, 0.1) is 0 Å². The van der Waals surface area contributed by atoms with E-state index in [-0.39, 0.29) is 11.6 Å². The quantitative estimate of drug-likeness (QED) is 0.230. The maximum absolute atomic E-state index is 11.9. The van der Waals surface area contributed by atoms with E-state index >= 15 is 0 Å². The van der Waals surface area contributed by atoms with Crippen LogP contribution in [0.1, 0.15) is 27.2 Å². The highest BCUT2D eigenvalue weighted by molar-refractivity contribution is 6.58. The predicted octanol–water partition coefficient (Wildman–Crippen LogP) is -0.139. The zero-order valence-corrected chi connectivity index (χ0v) is 19.0. The monoisotopic (exact) mass is 473 g/mol. The fraction of sp³-hybridized carbons (Fsp3) is 0.217. The number of aromatic nitrogens is 4. The maximum Gasteiger partial charge on any atom is 0.488 e. The van der Waals surface area contributed by atoms with Crippen molar-refractivity contribution in [3.63, 3.8) is 0 Å². The van der Waals surface area contributed by atoms with E-state index in [0.29, 0.717) is 41.4 Å². The number of carbonyl (C=O) groups is 1. The predicted molar refractivity (Wildman–Crippen MR) is 131 cm³/mol. The van der Waals surface area contributed by atoms with Crippen molar-refractivity contribution < 1.29 is 19.6 Å². The van der Waals surface area contributed by atoms with Crippen LogP contribution in [-0.2, 0) is 19.5 Å². The molecule has 3 heterocycles. The zero-order chi connectivity index (χ0) is 24.5. The lowest BCUT2D eigenvalue weighted by molar-refractivity contribution is 0.100. The molecular formula is C23H24BN7O4. The van der Waals surface area contributed by atoms with E-state index in [4.69, 9.17) is 20.4 Å². The number of amides is 1. The van der Waals surface area contributed by atoms with Crippen LogP contribution in [0.3, 0.4) is 0 Å². The van der Waals surface area contributed by atoms with Gasteiger partial charge in [-0.2, -0.15) is 9.97 Å². The van der Waals surface area contributed by atoms with E-state index < -0.39 is 13.0 Å². The Kier molecular flexibility index (Phi) is 6.07. The summed E-state index contributed by atoms with van der Waals surface area (Å²) < 4.78 is 7.16. The van der Waals surface area contributed by atoms with Gasteiger partial charge in [-0.05, 0) is 36.1 Å². The molecule has 0 atom stereocenters. The minimum Gasteiger partial charge on any atom is -0.468 e. The number of fused-ring (bicyclic) bond motifs is 2. The number of imidazole rings is 1. The third kappa shape index (κ3) is 4.30. The Balaban J connectivity index is 1.59. The van der Waals surface area contributed by atoms with Crippen LogP contribution in [0.4, 0.5) is 5.82 Å². The summed E-state index contributed by atoms with van der Waals surface area (Å²) in [5.41, 5.74) is 9.97. The lowest BCUT2D eigenvalue weighted by Crippen LogP contribution is -2.30. The van der Waals surface area contributed by atoms with Crippen LogP contribution in [0.25, 0.3) is 17.0 Å². The molecule has 178 valence electrons. The van der Waals surface area contributed by atoms with E-state index in [2.05, 4.69) is 15.6 Å². The van der Waals surface area contributed by atoms with Gasteiger partial charge in [0.25, 0.3) is 5.91 Å². The van der Waals surface area contributed by atoms with Gasteiger partial charge in [0.05, 0.1) is 23.9 Å². The minimum atomic E-state index is -1.54. The van der Waals surface area contributed by atoms with Crippen molar-refractivity contribution in [1.29, 1.82) is 0 Å². The van der Waals surface area contributed by atoms with Crippen LogP contribution in [0.2, 0.25) is 0 Å². The van der Waals surface area contributed by atoms with Gasteiger partial charge < -0.3 is 31.2 Å². The fourth-order valence-corrected chi connectivity index (χ4v) is 4.25. The first-order valence-corrected chi connectivity index (χ1v) is 11.1. The minimum absolute atomic E-state index is 0.230. The summed E-state index contributed by atoms with van der Waals surface area (Å²) in [5.74, 6) is 0.419. The van der Waals surface area contributed by atoms with Gasteiger partial charge >= 0.3 is 13.1 Å². The third-order valence-corrected chi connectivity index (χ3v) is 5.94. The van der Waals surface area contributed by atoms with Gasteiger partial charge in [0.2, 0.25) is 5.95 Å². The molecule has 0 fully saturated rings. The molecule has 0 aliphatic carbocycles. The van der Waals surface area contributed by atoms with Gasteiger partial charge in [-0.15, -0.1) is 0 Å². The Bertz CT molecular complexity index is 1420. The number of hydrogen-bond donors (Lipinski definition) is 5. The Hall–Kier alpha value is -4.00. The van der Waals surface area contributed by atoms with E-state index in [1.807, 2.05) is 6.07 Å². The molecule has 4 aromatic rings. The summed E-state index contributed by atoms with van der Waals surface area (Å²) >= 11 is 0. The molecule has 0 radical (unpaired) electrons. The molecule has 35 heavy (non-hydrogen) atoms. The first-order valence-electron chi connectivity index (χ1n) is 11.1. The summed E-state index contributed by atoms with van der Waals surface area (Å²) in [4.78, 5) is 26.0. The van der Waals surface area contributed by atoms with Gasteiger partial charge in [0.15, 0.2) is 0 Å². The molecule has 0 saturated heterocycles. The van der Waals surface area contributed by atoms with Gasteiger partial charge in [0.1, 0.15) is 11.3 Å². The van der Waals surface area contributed by atoms with Crippen LogP contribution in [0.15, 0.2) is 42.5 Å². The fourth-order valence-electron chi connectivity index (χ4n) is 4.25. The maximum atomic E-state index is 11.9. The van der Waals surface area contributed by atoms with E-state index in [0.717, 1.165) is 29.8 Å². The second-order valence-electron chi connectivity index (χ2n) is 8.17. The van der Waals surface area contributed by atoms with Gasteiger partial charge in [-0.1, -0.05) is 30.3 Å². The number of hydrogen-bond acceptors (Lipinski definition) is 9. The highest BCUT2D eigenvalue weighted by Crippen LogP contribution is 2.29. The lowest BCUT2D eigenvalue weighted by Gasteiger charge is -2.21. The van der Waals surface area contributed by atoms with Crippen molar-refractivity contribution in [2.24, 2.45) is 5.73 Å². The molecule has 1 amide bonds. The highest BCUT2D eigenvalue weighted by Gasteiger charge is 2.23. The van der Waals surface area contributed by atoms with E-state index in [1.54, 1.807) is 41.0 Å². The number of rotatable bonds is 7. The van der Waals surface area contributed by atoms with Crippen molar-refractivity contribution in [1.82, 2.24) is 24.8 Å². The summed E-state index contributed by atoms with van der Waals surface area (Å²) in [6.07, 6.45) is 0.751. The molecule has 6 N–H and O–H groups in total. The normalized spacial score (nSPS) is 12.9. The molecule has 5 rings (SSSR count). The molecule has 11 nitrogen and oxygen atoms in total. The number of primary amides is 1. The second-order valence-corrected chi connectivity index (χ2v) is 8.17. The van der Waals surface area contributed by atoms with Gasteiger partial charge in [0, 0.05) is 18.7 Å². The number of benzene rings is 2. The van der Waals surface area contributed by atoms with Crippen molar-refractivity contribution in [2.75, 3.05) is 19.0 Å². The first-order chi connectivity index (χ1) is 17.0. The second kappa shape index (κ2) is 9.33. The highest BCUT2D eigenvalue weighted by atomic mass is 16.5. The van der Waals surface area contributed by atoms with E-state index in [9.17, 15) is 14.8 Å². The Labute approximate surface area is 201 Å². The van der Waals surface area contributed by atoms with Crippen molar-refractivity contribution in [3.05, 3.63) is 64.8 Å². The topological polar surface area (TPSA) is 160 Å². The zero-order valence-electron chi connectivity index (χ0n) is 19.0. The molecule has 0 spiro atoms. The Morgan fingerprint density at radius 1 is 1.23 bits per heavy atom. The van der Waals surface area contributed by atoms with Crippen LogP contribution in [0.5, 0.6) is 6.01 Å². The molecule has 0 bridgehead atoms. The number of methoxy groups -OCH3 is 1. The Morgan fingerprint density at radius 2 is 2.06 bits per heavy atom. The number of carbonyl (C=O) groups excluding carboxylic acids is 1. The number of anilines is 1. The van der Waals surface area contributed by atoms with Crippen molar-refractivity contribution in [3.8, 4) is 12.0 Å². The Morgan fingerprint density at radius 3 is 2.83 bits per heavy atom. The standard InChI is InChI=1S/C23H24BN7O4/c1-35-23-29-19-16(20(25)32)6-3-7-18(19)31(23)22-28-17-12-26-9-8-15(17)21(30-22)27-11-13-4-2-5-14(10-13)24(33)34/h2-7,10,26,33-34H,8-9,11-12H2,1H3,(H2,25,32)(H,27,28,30). The average molecular weight is 473 g/mol. The molecule has 1 aliphatic heterocycles. The number of nitrogens with two attached hydrogens (primary N) is 1. The summed E-state index contributed by atoms with van der Waals surface area (Å²) in [6, 6.07) is 12.4. The van der Waals surface area contributed by atoms with E-state index in [1.165, 1.54) is 7.11 Å². The van der Waals surface area contributed by atoms with Crippen molar-refractivity contribution >= 4 is 35.3 Å². The average Bonchev–Trinajstić information content (AvgIpc) is 3.26. The van der Waals surface area contributed by atoms with Crippen molar-refractivity contribution in [2.45, 2.75) is 19.5 Å². The summed E-state index contributed by atoms with van der Waals surface area (Å²) in [6.45, 7) is 1.80. The summed E-state index contributed by atoms with van der Waals surface area (Å²) in [5, 5.41) is 25.7. The third-order valence-electron chi connectivity index (χ3n) is 5.94. The number of ether oxygens (including phenoxy) is 1. The van der Waals surface area contributed by atoms with Gasteiger partial charge in [-0.25, -0.2) is 9.55 Å². The van der Waals surface area contributed by atoms with Crippen LogP contribution in [-0.4, -0.2) is 56.2 Å². The summed E-state index contributed by atoms with van der Waals surface area (Å²) in [7, 11) is -0.0460. The molecule has 2 aromatic heterocycles. The van der Waals surface area contributed by atoms with Crippen LogP contribution < -0.4 is 26.6 Å². The molecular weight excluding hydrogens is 449 g/mol. The first kappa shape index (κ1) is 22.8. The van der Waals surface area contributed by atoms with Gasteiger partial charge in [-0.3, -0.25) is 4.79 Å². The number of para-hydroxylation sites is 1.